The van der Waals surface area contributed by atoms with Gasteiger partial charge in [-0.1, -0.05) is 48.5 Å². The lowest BCUT2D eigenvalue weighted by atomic mass is 10.0. The minimum Gasteiger partial charge on any atom is -0.406 e. The largest absolute Gasteiger partial charge is 0.573 e. The van der Waals surface area contributed by atoms with Gasteiger partial charge < -0.3 is 19.0 Å². The molecule has 0 amide bonds. The minimum absolute atomic E-state index is 0.216. The zero-order valence-corrected chi connectivity index (χ0v) is 21.4. The first-order chi connectivity index (χ1) is 19.4. The van der Waals surface area contributed by atoms with Crippen LogP contribution >= 0.6 is 0 Å². The third kappa shape index (κ3) is 7.02. The molecule has 0 aliphatic heterocycles. The molecule has 0 aliphatic rings. The first-order valence-electron chi connectivity index (χ1n) is 12.3. The zero-order valence-electron chi connectivity index (χ0n) is 21.4. The van der Waals surface area contributed by atoms with Crippen molar-refractivity contribution in [1.82, 2.24) is 9.55 Å². The number of aryl methyl sites for hydroxylation is 1. The average Bonchev–Trinajstić information content (AvgIpc) is 3.54. The van der Waals surface area contributed by atoms with Crippen molar-refractivity contribution in [3.8, 4) is 33.8 Å². The number of halogens is 6. The van der Waals surface area contributed by atoms with Gasteiger partial charge in [-0.2, -0.15) is 0 Å². The number of hydrogen-bond acceptors (Lipinski definition) is 2. The fourth-order valence-corrected chi connectivity index (χ4v) is 4.37. The topological polar surface area (TPSA) is 39.2 Å². The molecule has 0 atom stereocenters. The highest BCUT2D eigenvalue weighted by molar-refractivity contribution is 5.86. The Hall–Kier alpha value is -4.86. The molecule has 0 radical (unpaired) electrons. The maximum atomic E-state index is 12.1. The lowest BCUT2D eigenvalue weighted by molar-refractivity contribution is -0.275. The molecular formula is C31H22F6N2O2. The van der Waals surface area contributed by atoms with Crippen molar-refractivity contribution < 1.29 is 35.8 Å². The van der Waals surface area contributed by atoms with E-state index in [-0.39, 0.29) is 11.5 Å². The standard InChI is InChI=1S/C16H12F3NO.C15H10F3NO/c1-20-9-8-12-2-3-13(10-15(12)20)11-4-6-14(7-5-11)21-16(17,18)19;16-15(17,18)20-13-5-3-10(4-6-13)12-2-1-11-7-8-19-14(11)9-12/h2-10H,1H3;1-9,19H. The highest BCUT2D eigenvalue weighted by Gasteiger charge is 2.31. The van der Waals surface area contributed by atoms with Crippen LogP contribution in [-0.2, 0) is 7.05 Å². The molecular weight excluding hydrogens is 546 g/mol. The lowest BCUT2D eigenvalue weighted by Gasteiger charge is -2.09. The molecule has 0 spiro atoms. The van der Waals surface area contributed by atoms with Crippen LogP contribution in [0.15, 0.2) is 109 Å². The first-order valence-corrected chi connectivity index (χ1v) is 12.3. The summed E-state index contributed by atoms with van der Waals surface area (Å²) in [6.45, 7) is 0. The van der Waals surface area contributed by atoms with E-state index in [0.29, 0.717) is 0 Å². The molecule has 6 rings (SSSR count). The van der Waals surface area contributed by atoms with Crippen LogP contribution in [0.5, 0.6) is 11.5 Å². The van der Waals surface area contributed by atoms with Crippen LogP contribution < -0.4 is 9.47 Å². The predicted octanol–water partition coefficient (Wildman–Crippen LogP) is 9.48. The second-order valence-corrected chi connectivity index (χ2v) is 9.12. The van der Waals surface area contributed by atoms with Gasteiger partial charge in [0.05, 0.1) is 0 Å². The molecule has 0 bridgehead atoms. The summed E-state index contributed by atoms with van der Waals surface area (Å²) in [5, 5.41) is 2.21. The number of benzene rings is 4. The van der Waals surface area contributed by atoms with E-state index in [9.17, 15) is 26.3 Å². The van der Waals surface area contributed by atoms with Gasteiger partial charge in [-0.15, -0.1) is 26.3 Å². The van der Waals surface area contributed by atoms with Gasteiger partial charge >= 0.3 is 12.7 Å². The predicted molar refractivity (Wildman–Crippen MR) is 145 cm³/mol. The highest BCUT2D eigenvalue weighted by atomic mass is 19.4. The molecule has 6 aromatic rings. The van der Waals surface area contributed by atoms with Crippen molar-refractivity contribution in [3.05, 3.63) is 109 Å². The van der Waals surface area contributed by atoms with Gasteiger partial charge in [0, 0.05) is 30.5 Å². The number of H-pyrrole nitrogens is 1. The van der Waals surface area contributed by atoms with E-state index in [2.05, 4.69) is 14.5 Å². The molecule has 41 heavy (non-hydrogen) atoms. The van der Waals surface area contributed by atoms with Crippen LogP contribution in [0.2, 0.25) is 0 Å². The Bertz CT molecular complexity index is 1770. The summed E-state index contributed by atoms with van der Waals surface area (Å²) in [6.07, 6.45) is -5.52. The Morgan fingerprint density at radius 3 is 1.59 bits per heavy atom. The van der Waals surface area contributed by atoms with Gasteiger partial charge in [0.15, 0.2) is 0 Å². The molecule has 0 aliphatic carbocycles. The van der Waals surface area contributed by atoms with Gasteiger partial charge in [-0.3, -0.25) is 0 Å². The lowest BCUT2D eigenvalue weighted by Crippen LogP contribution is -2.16. The van der Waals surface area contributed by atoms with Crippen molar-refractivity contribution in [2.24, 2.45) is 7.05 Å². The number of rotatable bonds is 4. The Morgan fingerprint density at radius 1 is 0.561 bits per heavy atom. The summed E-state index contributed by atoms with van der Waals surface area (Å²) in [5.41, 5.74) is 5.60. The SMILES string of the molecule is Cn1ccc2ccc(-c3ccc(OC(F)(F)F)cc3)cc21.FC(F)(F)Oc1ccc(-c2ccc3cc[nH]c3c2)cc1. The van der Waals surface area contributed by atoms with E-state index in [1.807, 2.05) is 72.5 Å². The molecule has 2 heterocycles. The first kappa shape index (κ1) is 27.7. The maximum Gasteiger partial charge on any atom is 0.573 e. The normalized spacial score (nSPS) is 11.8. The summed E-state index contributed by atoms with van der Waals surface area (Å²) in [6, 6.07) is 27.4. The summed E-state index contributed by atoms with van der Waals surface area (Å²) in [5.74, 6) is -0.437. The van der Waals surface area contributed by atoms with Crippen molar-refractivity contribution in [3.63, 3.8) is 0 Å². The molecule has 0 saturated heterocycles. The van der Waals surface area contributed by atoms with Crippen LogP contribution in [0, 0.1) is 0 Å². The van der Waals surface area contributed by atoms with E-state index >= 15 is 0 Å². The molecule has 0 fully saturated rings. The van der Waals surface area contributed by atoms with Crippen LogP contribution in [-0.4, -0.2) is 22.3 Å². The number of alkyl halides is 6. The number of nitrogens with one attached hydrogen (secondary N) is 1. The fraction of sp³-hybridized carbons (Fsp3) is 0.0968. The third-order valence-electron chi connectivity index (χ3n) is 6.29. The van der Waals surface area contributed by atoms with Gasteiger partial charge in [-0.05, 0) is 81.6 Å². The molecule has 10 heteroatoms. The summed E-state index contributed by atoms with van der Waals surface area (Å²) in [4.78, 5) is 3.10. The molecule has 210 valence electrons. The van der Waals surface area contributed by atoms with Gasteiger partial charge in [-0.25, -0.2) is 0 Å². The quantitative estimate of drug-likeness (QED) is 0.215. The molecule has 4 aromatic carbocycles. The Morgan fingerprint density at radius 2 is 1.05 bits per heavy atom. The second kappa shape index (κ2) is 11.0. The summed E-state index contributed by atoms with van der Waals surface area (Å²) < 4.78 is 82.3. The Labute approximate surface area is 230 Å². The fourth-order valence-electron chi connectivity index (χ4n) is 4.37. The monoisotopic (exact) mass is 568 g/mol. The molecule has 0 unspecified atom stereocenters. The zero-order chi connectivity index (χ0) is 29.2. The van der Waals surface area contributed by atoms with Gasteiger partial charge in [0.25, 0.3) is 0 Å². The average molecular weight is 569 g/mol. The van der Waals surface area contributed by atoms with Crippen LogP contribution in [0.3, 0.4) is 0 Å². The molecule has 0 saturated carbocycles. The highest BCUT2D eigenvalue weighted by Crippen LogP contribution is 2.30. The second-order valence-electron chi connectivity index (χ2n) is 9.12. The van der Waals surface area contributed by atoms with Crippen molar-refractivity contribution in [2.45, 2.75) is 12.7 Å². The van der Waals surface area contributed by atoms with Gasteiger partial charge in [0.2, 0.25) is 0 Å². The van der Waals surface area contributed by atoms with E-state index < -0.39 is 12.7 Å². The van der Waals surface area contributed by atoms with Crippen molar-refractivity contribution >= 4 is 21.8 Å². The number of nitrogens with zero attached hydrogens (tertiary/aromatic N) is 1. The maximum absolute atomic E-state index is 12.1. The molecule has 1 N–H and O–H groups in total. The van der Waals surface area contributed by atoms with Crippen LogP contribution in [0.4, 0.5) is 26.3 Å². The number of fused-ring (bicyclic) bond motifs is 2. The number of hydrogen-bond donors (Lipinski definition) is 1. The van der Waals surface area contributed by atoms with Crippen LogP contribution in [0.25, 0.3) is 44.1 Å². The van der Waals surface area contributed by atoms with E-state index in [1.54, 1.807) is 24.3 Å². The molecule has 4 nitrogen and oxygen atoms in total. The Kier molecular flexibility index (Phi) is 7.40. The van der Waals surface area contributed by atoms with Gasteiger partial charge in [0.1, 0.15) is 11.5 Å². The molecule has 2 aromatic heterocycles. The van der Waals surface area contributed by atoms with Crippen LogP contribution in [0.1, 0.15) is 0 Å². The Balaban J connectivity index is 0.000000165. The minimum atomic E-state index is -4.66. The van der Waals surface area contributed by atoms with Crippen molar-refractivity contribution in [1.29, 1.82) is 0 Å². The van der Waals surface area contributed by atoms with E-state index in [1.165, 1.54) is 24.3 Å². The number of aromatic nitrogens is 2. The number of ether oxygens (including phenoxy) is 2. The summed E-state index contributed by atoms with van der Waals surface area (Å²) in [7, 11) is 1.95. The van der Waals surface area contributed by atoms with Crippen molar-refractivity contribution in [2.75, 3.05) is 0 Å². The van der Waals surface area contributed by atoms with E-state index in [4.69, 9.17) is 0 Å². The summed E-state index contributed by atoms with van der Waals surface area (Å²) >= 11 is 0. The van der Waals surface area contributed by atoms with E-state index in [0.717, 1.165) is 44.1 Å². The smallest absolute Gasteiger partial charge is 0.406 e. The number of aromatic amines is 1. The third-order valence-corrected chi connectivity index (χ3v) is 6.29.